The summed E-state index contributed by atoms with van der Waals surface area (Å²) in [4.78, 5) is 0.215. The van der Waals surface area contributed by atoms with Crippen LogP contribution in [-0.4, -0.2) is 8.42 Å². The summed E-state index contributed by atoms with van der Waals surface area (Å²) in [5.74, 6) is 0. The monoisotopic (exact) mass is 345 g/mol. The molecule has 1 N–H and O–H groups in total. The smallest absolute Gasteiger partial charge is 0.261 e. The molecular formula is C18H16ClNO2S. The SMILES string of the molecule is Cc1cc(C)c(NS(=O)(=O)c2ccc3ccccc3c2)c(Cl)c1. The molecule has 0 radical (unpaired) electrons. The van der Waals surface area contributed by atoms with Gasteiger partial charge in [-0.25, -0.2) is 8.42 Å². The number of aryl methyl sites for hydroxylation is 2. The minimum Gasteiger partial charge on any atom is -0.278 e. The Morgan fingerprint density at radius 2 is 1.61 bits per heavy atom. The molecule has 0 saturated carbocycles. The Morgan fingerprint density at radius 1 is 0.913 bits per heavy atom. The fourth-order valence-corrected chi connectivity index (χ4v) is 4.18. The van der Waals surface area contributed by atoms with E-state index in [2.05, 4.69) is 4.72 Å². The van der Waals surface area contributed by atoms with E-state index < -0.39 is 10.0 Å². The van der Waals surface area contributed by atoms with Gasteiger partial charge in [-0.05, 0) is 53.9 Å². The molecule has 3 aromatic rings. The van der Waals surface area contributed by atoms with E-state index in [1.54, 1.807) is 24.3 Å². The van der Waals surface area contributed by atoms with Gasteiger partial charge in [0.2, 0.25) is 0 Å². The van der Waals surface area contributed by atoms with Crippen LogP contribution in [-0.2, 0) is 10.0 Å². The second kappa shape index (κ2) is 5.87. The average molecular weight is 346 g/mol. The lowest BCUT2D eigenvalue weighted by Gasteiger charge is -2.13. The Kier molecular flexibility index (Phi) is 4.04. The van der Waals surface area contributed by atoms with E-state index in [9.17, 15) is 8.42 Å². The molecule has 3 aromatic carbocycles. The van der Waals surface area contributed by atoms with Gasteiger partial charge in [0.15, 0.2) is 0 Å². The molecule has 0 amide bonds. The van der Waals surface area contributed by atoms with E-state index in [-0.39, 0.29) is 4.90 Å². The van der Waals surface area contributed by atoms with Crippen molar-refractivity contribution in [1.82, 2.24) is 0 Å². The van der Waals surface area contributed by atoms with Crippen molar-refractivity contribution in [1.29, 1.82) is 0 Å². The number of anilines is 1. The molecule has 0 aliphatic rings. The number of halogens is 1. The van der Waals surface area contributed by atoms with E-state index in [1.807, 2.05) is 44.2 Å². The first kappa shape index (κ1) is 15.8. The predicted octanol–water partition coefficient (Wildman–Crippen LogP) is 4.91. The lowest BCUT2D eigenvalue weighted by molar-refractivity contribution is 0.601. The first-order valence-electron chi connectivity index (χ1n) is 7.15. The molecule has 0 aliphatic heterocycles. The summed E-state index contributed by atoms with van der Waals surface area (Å²) in [5, 5.41) is 2.27. The summed E-state index contributed by atoms with van der Waals surface area (Å²) < 4.78 is 27.9. The number of benzene rings is 3. The van der Waals surface area contributed by atoms with Crippen molar-refractivity contribution in [2.45, 2.75) is 18.7 Å². The molecule has 0 unspecified atom stereocenters. The molecule has 0 saturated heterocycles. The van der Waals surface area contributed by atoms with Gasteiger partial charge in [-0.15, -0.1) is 0 Å². The molecule has 0 atom stereocenters. The van der Waals surface area contributed by atoms with Crippen molar-refractivity contribution in [2.75, 3.05) is 4.72 Å². The molecule has 0 spiro atoms. The molecule has 23 heavy (non-hydrogen) atoms. The molecule has 0 fully saturated rings. The van der Waals surface area contributed by atoms with Crippen LogP contribution in [0.15, 0.2) is 59.5 Å². The summed E-state index contributed by atoms with van der Waals surface area (Å²) >= 11 is 6.20. The maximum atomic E-state index is 12.7. The van der Waals surface area contributed by atoms with Gasteiger partial charge in [0.05, 0.1) is 15.6 Å². The average Bonchev–Trinajstić information content (AvgIpc) is 2.50. The third kappa shape index (κ3) is 3.19. The third-order valence-electron chi connectivity index (χ3n) is 3.70. The highest BCUT2D eigenvalue weighted by molar-refractivity contribution is 7.92. The molecule has 3 rings (SSSR count). The second-order valence-electron chi connectivity index (χ2n) is 5.55. The van der Waals surface area contributed by atoms with Crippen molar-refractivity contribution in [3.8, 4) is 0 Å². The van der Waals surface area contributed by atoms with Crippen LogP contribution in [0.2, 0.25) is 5.02 Å². The fourth-order valence-electron chi connectivity index (χ4n) is 2.57. The van der Waals surface area contributed by atoms with Gasteiger partial charge in [0.1, 0.15) is 0 Å². The van der Waals surface area contributed by atoms with Gasteiger partial charge in [0.25, 0.3) is 10.0 Å². The van der Waals surface area contributed by atoms with Crippen LogP contribution < -0.4 is 4.72 Å². The molecule has 0 bridgehead atoms. The zero-order valence-corrected chi connectivity index (χ0v) is 14.4. The Balaban J connectivity index is 2.04. The summed E-state index contributed by atoms with van der Waals surface area (Å²) in [5.41, 5.74) is 2.20. The minimum absolute atomic E-state index is 0.215. The molecule has 118 valence electrons. The summed E-state index contributed by atoms with van der Waals surface area (Å²) in [7, 11) is -3.70. The highest BCUT2D eigenvalue weighted by Gasteiger charge is 2.17. The van der Waals surface area contributed by atoms with Crippen molar-refractivity contribution in [3.63, 3.8) is 0 Å². The van der Waals surface area contributed by atoms with Crippen LogP contribution in [0.25, 0.3) is 10.8 Å². The molecule has 0 aromatic heterocycles. The first-order chi connectivity index (χ1) is 10.9. The number of fused-ring (bicyclic) bond motifs is 1. The number of rotatable bonds is 3. The Hall–Kier alpha value is -2.04. The predicted molar refractivity (Wildman–Crippen MR) is 95.7 cm³/mol. The van der Waals surface area contributed by atoms with Crippen LogP contribution in [0.4, 0.5) is 5.69 Å². The van der Waals surface area contributed by atoms with E-state index >= 15 is 0 Å². The summed E-state index contributed by atoms with van der Waals surface area (Å²) in [6.45, 7) is 3.75. The second-order valence-corrected chi connectivity index (χ2v) is 7.64. The van der Waals surface area contributed by atoms with E-state index in [0.29, 0.717) is 10.7 Å². The quantitative estimate of drug-likeness (QED) is 0.733. The van der Waals surface area contributed by atoms with Gasteiger partial charge in [-0.2, -0.15) is 0 Å². The standard InChI is InChI=1S/C18H16ClNO2S/c1-12-9-13(2)18(17(19)10-12)20-23(21,22)16-8-7-14-5-3-4-6-15(14)11-16/h3-11,20H,1-2H3. The van der Waals surface area contributed by atoms with Crippen molar-refractivity contribution in [2.24, 2.45) is 0 Å². The summed E-state index contributed by atoms with van der Waals surface area (Å²) in [6.07, 6.45) is 0. The molecule has 5 heteroatoms. The number of hydrogen-bond donors (Lipinski definition) is 1. The van der Waals surface area contributed by atoms with Gasteiger partial charge >= 0.3 is 0 Å². The normalized spacial score (nSPS) is 11.6. The maximum absolute atomic E-state index is 12.7. The van der Waals surface area contributed by atoms with Crippen LogP contribution >= 0.6 is 11.6 Å². The van der Waals surface area contributed by atoms with E-state index in [4.69, 9.17) is 11.6 Å². The van der Waals surface area contributed by atoms with E-state index in [0.717, 1.165) is 21.9 Å². The highest BCUT2D eigenvalue weighted by atomic mass is 35.5. The molecule has 0 aliphatic carbocycles. The topological polar surface area (TPSA) is 46.2 Å². The molecule has 0 heterocycles. The van der Waals surface area contributed by atoms with Crippen LogP contribution in [0, 0.1) is 13.8 Å². The summed E-state index contributed by atoms with van der Waals surface area (Å²) in [6, 6.07) is 16.3. The van der Waals surface area contributed by atoms with Crippen LogP contribution in [0.1, 0.15) is 11.1 Å². The number of sulfonamides is 1. The molecule has 3 nitrogen and oxygen atoms in total. The lowest BCUT2D eigenvalue weighted by atomic mass is 10.1. The lowest BCUT2D eigenvalue weighted by Crippen LogP contribution is -2.14. The number of hydrogen-bond acceptors (Lipinski definition) is 2. The van der Waals surface area contributed by atoms with Gasteiger partial charge in [0, 0.05) is 0 Å². The highest BCUT2D eigenvalue weighted by Crippen LogP contribution is 2.30. The largest absolute Gasteiger partial charge is 0.278 e. The zero-order chi connectivity index (χ0) is 16.6. The minimum atomic E-state index is -3.70. The van der Waals surface area contributed by atoms with Crippen molar-refractivity contribution < 1.29 is 8.42 Å². The van der Waals surface area contributed by atoms with Crippen molar-refractivity contribution in [3.05, 3.63) is 70.7 Å². The van der Waals surface area contributed by atoms with Crippen LogP contribution in [0.5, 0.6) is 0 Å². The first-order valence-corrected chi connectivity index (χ1v) is 9.01. The van der Waals surface area contributed by atoms with Gasteiger partial charge in [-0.1, -0.05) is 48.0 Å². The van der Waals surface area contributed by atoms with Crippen molar-refractivity contribution >= 4 is 38.1 Å². The van der Waals surface area contributed by atoms with Gasteiger partial charge < -0.3 is 0 Å². The van der Waals surface area contributed by atoms with Gasteiger partial charge in [-0.3, -0.25) is 4.72 Å². The third-order valence-corrected chi connectivity index (χ3v) is 5.34. The maximum Gasteiger partial charge on any atom is 0.261 e. The number of nitrogens with one attached hydrogen (secondary N) is 1. The zero-order valence-electron chi connectivity index (χ0n) is 12.8. The van der Waals surface area contributed by atoms with E-state index in [1.165, 1.54) is 0 Å². The fraction of sp³-hybridized carbons (Fsp3) is 0.111. The Bertz CT molecular complexity index is 974. The Morgan fingerprint density at radius 3 is 2.30 bits per heavy atom. The van der Waals surface area contributed by atoms with Crippen LogP contribution in [0.3, 0.4) is 0 Å². The molecular weight excluding hydrogens is 330 g/mol. The Labute approximate surface area is 141 Å².